The molecule has 1 unspecified atom stereocenters. The molecular formula is C18H30N4. The van der Waals surface area contributed by atoms with Crippen molar-refractivity contribution in [2.75, 3.05) is 20.1 Å². The Labute approximate surface area is 135 Å². The molecule has 1 aliphatic rings. The van der Waals surface area contributed by atoms with Gasteiger partial charge in [0.15, 0.2) is 5.96 Å². The lowest BCUT2D eigenvalue weighted by Gasteiger charge is -2.34. The Balaban J connectivity index is 1.87. The summed E-state index contributed by atoms with van der Waals surface area (Å²) in [5.41, 5.74) is 3.00. The van der Waals surface area contributed by atoms with Crippen molar-refractivity contribution in [2.24, 2.45) is 4.99 Å². The standard InChI is InChI=1S/C18H30N4/c1-14(12-20-17(19-5)21-18(2,3)4)22-11-10-15-8-6-7-9-16(15)13-22/h6-9,14H,10-13H2,1-5H3,(H2,19,20,21). The molecule has 1 aromatic carbocycles. The Morgan fingerprint density at radius 1 is 1.27 bits per heavy atom. The number of hydrogen-bond acceptors (Lipinski definition) is 2. The maximum atomic E-state index is 4.30. The molecule has 1 aliphatic heterocycles. The summed E-state index contributed by atoms with van der Waals surface area (Å²) >= 11 is 0. The fourth-order valence-electron chi connectivity index (χ4n) is 2.80. The fourth-order valence-corrected chi connectivity index (χ4v) is 2.80. The van der Waals surface area contributed by atoms with Crippen LogP contribution < -0.4 is 10.6 Å². The number of nitrogens with one attached hydrogen (secondary N) is 2. The molecule has 0 bridgehead atoms. The van der Waals surface area contributed by atoms with Crippen LogP contribution in [-0.2, 0) is 13.0 Å². The summed E-state index contributed by atoms with van der Waals surface area (Å²) < 4.78 is 0. The molecule has 0 amide bonds. The van der Waals surface area contributed by atoms with Crippen LogP contribution in [0.1, 0.15) is 38.8 Å². The van der Waals surface area contributed by atoms with E-state index in [-0.39, 0.29) is 5.54 Å². The molecule has 2 N–H and O–H groups in total. The van der Waals surface area contributed by atoms with Crippen LogP contribution in [0.3, 0.4) is 0 Å². The third kappa shape index (κ3) is 4.73. The van der Waals surface area contributed by atoms with Gasteiger partial charge in [0.2, 0.25) is 0 Å². The number of fused-ring (bicyclic) bond motifs is 1. The van der Waals surface area contributed by atoms with Crippen molar-refractivity contribution in [3.63, 3.8) is 0 Å². The highest BCUT2D eigenvalue weighted by atomic mass is 15.2. The van der Waals surface area contributed by atoms with E-state index in [1.807, 2.05) is 7.05 Å². The van der Waals surface area contributed by atoms with Crippen LogP contribution in [0.25, 0.3) is 0 Å². The van der Waals surface area contributed by atoms with Crippen LogP contribution in [0, 0.1) is 0 Å². The molecule has 1 atom stereocenters. The Bertz CT molecular complexity index is 516. The predicted molar refractivity (Wildman–Crippen MR) is 94.3 cm³/mol. The zero-order valence-corrected chi connectivity index (χ0v) is 14.6. The van der Waals surface area contributed by atoms with Crippen molar-refractivity contribution in [3.05, 3.63) is 35.4 Å². The molecule has 0 aromatic heterocycles. The number of nitrogens with zero attached hydrogens (tertiary/aromatic N) is 2. The van der Waals surface area contributed by atoms with Gasteiger partial charge < -0.3 is 10.6 Å². The number of rotatable bonds is 3. The average Bonchev–Trinajstić information content (AvgIpc) is 2.49. The molecule has 0 fully saturated rings. The minimum absolute atomic E-state index is 0.0230. The molecular weight excluding hydrogens is 272 g/mol. The predicted octanol–water partition coefficient (Wildman–Crippen LogP) is 2.40. The lowest BCUT2D eigenvalue weighted by atomic mass is 9.99. The topological polar surface area (TPSA) is 39.7 Å². The third-order valence-electron chi connectivity index (χ3n) is 4.07. The highest BCUT2D eigenvalue weighted by Gasteiger charge is 2.20. The van der Waals surface area contributed by atoms with E-state index in [9.17, 15) is 0 Å². The van der Waals surface area contributed by atoms with Gasteiger partial charge in [-0.3, -0.25) is 9.89 Å². The van der Waals surface area contributed by atoms with Gasteiger partial charge in [-0.15, -0.1) is 0 Å². The molecule has 0 radical (unpaired) electrons. The first-order valence-corrected chi connectivity index (χ1v) is 8.19. The van der Waals surface area contributed by atoms with Crippen molar-refractivity contribution in [1.29, 1.82) is 0 Å². The first kappa shape index (κ1) is 16.8. The maximum absolute atomic E-state index is 4.30. The molecule has 1 aromatic rings. The largest absolute Gasteiger partial charge is 0.355 e. The van der Waals surface area contributed by atoms with Crippen molar-refractivity contribution >= 4 is 5.96 Å². The van der Waals surface area contributed by atoms with E-state index in [4.69, 9.17) is 0 Å². The summed E-state index contributed by atoms with van der Waals surface area (Å²) in [4.78, 5) is 6.84. The van der Waals surface area contributed by atoms with Gasteiger partial charge >= 0.3 is 0 Å². The van der Waals surface area contributed by atoms with Crippen LogP contribution in [0.2, 0.25) is 0 Å². The summed E-state index contributed by atoms with van der Waals surface area (Å²) in [6, 6.07) is 9.26. The van der Waals surface area contributed by atoms with Gasteiger partial charge in [-0.2, -0.15) is 0 Å². The van der Waals surface area contributed by atoms with Crippen LogP contribution in [0.5, 0.6) is 0 Å². The number of hydrogen-bond donors (Lipinski definition) is 2. The molecule has 1 heterocycles. The van der Waals surface area contributed by atoms with Crippen molar-refractivity contribution in [2.45, 2.75) is 52.2 Å². The average molecular weight is 302 g/mol. The molecule has 0 spiro atoms. The van der Waals surface area contributed by atoms with Crippen LogP contribution in [0.15, 0.2) is 29.3 Å². The van der Waals surface area contributed by atoms with E-state index >= 15 is 0 Å². The monoisotopic (exact) mass is 302 g/mol. The molecule has 0 saturated carbocycles. The zero-order valence-electron chi connectivity index (χ0n) is 14.6. The maximum Gasteiger partial charge on any atom is 0.191 e. The van der Waals surface area contributed by atoms with Gasteiger partial charge in [-0.05, 0) is 45.2 Å². The van der Waals surface area contributed by atoms with E-state index in [2.05, 4.69) is 72.5 Å². The third-order valence-corrected chi connectivity index (χ3v) is 4.07. The summed E-state index contributed by atoms with van der Waals surface area (Å²) in [5, 5.41) is 6.84. The molecule has 4 nitrogen and oxygen atoms in total. The SMILES string of the molecule is CN=C(NCC(C)N1CCc2ccccc2C1)NC(C)(C)C. The summed E-state index contributed by atoms with van der Waals surface area (Å²) in [5.74, 6) is 0.872. The van der Waals surface area contributed by atoms with E-state index in [0.29, 0.717) is 6.04 Å². The van der Waals surface area contributed by atoms with E-state index in [1.54, 1.807) is 0 Å². The van der Waals surface area contributed by atoms with Crippen LogP contribution >= 0.6 is 0 Å². The van der Waals surface area contributed by atoms with E-state index in [1.165, 1.54) is 11.1 Å². The highest BCUT2D eigenvalue weighted by Crippen LogP contribution is 2.19. The molecule has 0 aliphatic carbocycles. The van der Waals surface area contributed by atoms with Crippen molar-refractivity contribution < 1.29 is 0 Å². The molecule has 22 heavy (non-hydrogen) atoms. The van der Waals surface area contributed by atoms with Gasteiger partial charge in [-0.1, -0.05) is 24.3 Å². The molecule has 122 valence electrons. The number of benzene rings is 1. The fraction of sp³-hybridized carbons (Fsp3) is 0.611. The summed E-state index contributed by atoms with van der Waals surface area (Å²) in [6.45, 7) is 11.8. The van der Waals surface area contributed by atoms with Crippen molar-refractivity contribution in [3.8, 4) is 0 Å². The first-order chi connectivity index (χ1) is 10.4. The summed E-state index contributed by atoms with van der Waals surface area (Å²) in [6.07, 6.45) is 1.15. The van der Waals surface area contributed by atoms with Gasteiger partial charge in [0.25, 0.3) is 0 Å². The normalized spacial score (nSPS) is 17.8. The number of aliphatic imine (C=N–C) groups is 1. The summed E-state index contributed by atoms with van der Waals surface area (Å²) in [7, 11) is 1.82. The lowest BCUT2D eigenvalue weighted by Crippen LogP contribution is -2.51. The lowest BCUT2D eigenvalue weighted by molar-refractivity contribution is 0.191. The highest BCUT2D eigenvalue weighted by molar-refractivity contribution is 5.80. The quantitative estimate of drug-likeness (QED) is 0.665. The minimum Gasteiger partial charge on any atom is -0.355 e. The second-order valence-corrected chi connectivity index (χ2v) is 7.17. The Kier molecular flexibility index (Phi) is 5.46. The molecule has 4 heteroatoms. The Morgan fingerprint density at radius 3 is 2.59 bits per heavy atom. The Morgan fingerprint density at radius 2 is 1.95 bits per heavy atom. The molecule has 0 saturated heterocycles. The zero-order chi connectivity index (χ0) is 16.2. The minimum atomic E-state index is 0.0230. The number of guanidine groups is 1. The Hall–Kier alpha value is -1.55. The second kappa shape index (κ2) is 7.14. The van der Waals surface area contributed by atoms with Crippen molar-refractivity contribution in [1.82, 2.24) is 15.5 Å². The van der Waals surface area contributed by atoms with Gasteiger partial charge in [-0.25, -0.2) is 0 Å². The van der Waals surface area contributed by atoms with Gasteiger partial charge in [0.05, 0.1) is 0 Å². The molecule has 2 rings (SSSR count). The van der Waals surface area contributed by atoms with E-state index in [0.717, 1.165) is 32.0 Å². The first-order valence-electron chi connectivity index (χ1n) is 8.19. The second-order valence-electron chi connectivity index (χ2n) is 7.17. The van der Waals surface area contributed by atoms with Gasteiger partial charge in [0.1, 0.15) is 0 Å². The van der Waals surface area contributed by atoms with Crippen LogP contribution in [0.4, 0.5) is 0 Å². The van der Waals surface area contributed by atoms with Gasteiger partial charge in [0, 0.05) is 38.3 Å². The van der Waals surface area contributed by atoms with Crippen LogP contribution in [-0.4, -0.2) is 42.6 Å². The van der Waals surface area contributed by atoms with E-state index < -0.39 is 0 Å². The smallest absolute Gasteiger partial charge is 0.191 e.